The van der Waals surface area contributed by atoms with E-state index in [9.17, 15) is 19.5 Å². The lowest BCUT2D eigenvalue weighted by Gasteiger charge is -2.63. The number of rotatable bonds is 10. The molecule has 2 bridgehead atoms. The molecule has 7 rings (SSSR count). The van der Waals surface area contributed by atoms with E-state index in [1.165, 1.54) is 6.92 Å². The summed E-state index contributed by atoms with van der Waals surface area (Å²) >= 11 is 0. The first-order valence-electron chi connectivity index (χ1n) is 16.1. The molecule has 46 heavy (non-hydrogen) atoms. The van der Waals surface area contributed by atoms with Crippen molar-refractivity contribution in [2.45, 2.75) is 82.0 Å². The molecule has 2 N–H and O–H groups in total. The number of esters is 2. The summed E-state index contributed by atoms with van der Waals surface area (Å²) in [6, 6.07) is 26.5. The first kappa shape index (κ1) is 31.7. The van der Waals surface area contributed by atoms with Crippen LogP contribution in [0.1, 0.15) is 73.0 Å². The number of hydrogen-bond acceptors (Lipinski definition) is 7. The van der Waals surface area contributed by atoms with Gasteiger partial charge in [0, 0.05) is 30.7 Å². The third kappa shape index (κ3) is 6.37. The number of aliphatic hydroxyl groups excluding tert-OH is 1. The van der Waals surface area contributed by atoms with E-state index in [4.69, 9.17) is 14.2 Å². The number of benzene rings is 3. The number of carbonyl (C=O) groups is 3. The van der Waals surface area contributed by atoms with Crippen molar-refractivity contribution < 1.29 is 33.7 Å². The van der Waals surface area contributed by atoms with Crippen LogP contribution < -0.4 is 5.32 Å². The molecule has 4 aliphatic carbocycles. The normalized spacial score (nSPS) is 27.8. The van der Waals surface area contributed by atoms with Crippen LogP contribution in [0.5, 0.6) is 0 Å². The molecular weight excluding hydrogens is 582 g/mol. The fourth-order valence-corrected chi connectivity index (χ4v) is 7.85. The molecule has 240 valence electrons. The second-order valence-electron chi connectivity index (χ2n) is 12.8. The fraction of sp³-hybridized carbons (Fsp3) is 0.395. The first-order chi connectivity index (χ1) is 22.3. The van der Waals surface area contributed by atoms with Gasteiger partial charge in [-0.2, -0.15) is 0 Å². The molecule has 3 saturated carbocycles. The van der Waals surface area contributed by atoms with Gasteiger partial charge in [0.1, 0.15) is 12.2 Å². The van der Waals surface area contributed by atoms with Gasteiger partial charge in [0.05, 0.1) is 18.2 Å². The Labute approximate surface area is 269 Å². The maximum atomic E-state index is 13.7. The van der Waals surface area contributed by atoms with Crippen molar-refractivity contribution in [3.8, 4) is 0 Å². The van der Waals surface area contributed by atoms with Gasteiger partial charge in [-0.15, -0.1) is 0 Å². The lowest BCUT2D eigenvalue weighted by molar-refractivity contribution is -0.269. The number of fused-ring (bicyclic) bond motifs is 2. The molecule has 3 fully saturated rings. The molecule has 1 amide bonds. The van der Waals surface area contributed by atoms with Crippen LogP contribution in [-0.2, 0) is 30.4 Å². The minimum atomic E-state index is -1.64. The summed E-state index contributed by atoms with van der Waals surface area (Å²) in [7, 11) is 0. The summed E-state index contributed by atoms with van der Waals surface area (Å²) in [5.41, 5.74) is 0.835. The Morgan fingerprint density at radius 1 is 0.891 bits per heavy atom. The van der Waals surface area contributed by atoms with Gasteiger partial charge in [-0.05, 0) is 54.9 Å². The Morgan fingerprint density at radius 2 is 1.57 bits per heavy atom. The number of amides is 1. The Kier molecular flexibility index (Phi) is 9.38. The maximum absolute atomic E-state index is 13.7. The fourth-order valence-electron chi connectivity index (χ4n) is 7.85. The molecule has 2 unspecified atom stereocenters. The summed E-state index contributed by atoms with van der Waals surface area (Å²) in [5, 5.41) is 14.3. The monoisotopic (exact) mass is 623 g/mol. The van der Waals surface area contributed by atoms with Crippen LogP contribution in [0.2, 0.25) is 0 Å². The van der Waals surface area contributed by atoms with E-state index in [-0.39, 0.29) is 18.0 Å². The molecule has 0 heterocycles. The number of allylic oxidation sites excluding steroid dienone is 1. The quantitative estimate of drug-likeness (QED) is 0.215. The van der Waals surface area contributed by atoms with E-state index in [1.807, 2.05) is 42.5 Å². The summed E-state index contributed by atoms with van der Waals surface area (Å²) in [4.78, 5) is 39.1. The molecule has 0 saturated heterocycles. The van der Waals surface area contributed by atoms with Crippen LogP contribution in [0.15, 0.2) is 103 Å². The highest BCUT2D eigenvalue weighted by atomic mass is 16.6. The van der Waals surface area contributed by atoms with Crippen LogP contribution in [0.3, 0.4) is 0 Å². The van der Waals surface area contributed by atoms with Crippen LogP contribution in [0.25, 0.3) is 0 Å². The van der Waals surface area contributed by atoms with Gasteiger partial charge < -0.3 is 24.6 Å². The van der Waals surface area contributed by atoms with E-state index < -0.39 is 41.1 Å². The highest BCUT2D eigenvalue weighted by Crippen LogP contribution is 2.63. The third-order valence-corrected chi connectivity index (χ3v) is 10.1. The van der Waals surface area contributed by atoms with Crippen LogP contribution in [-0.4, -0.2) is 46.9 Å². The number of ether oxygens (including phenoxy) is 3. The molecule has 8 heteroatoms. The Morgan fingerprint density at radius 3 is 2.26 bits per heavy atom. The van der Waals surface area contributed by atoms with Crippen molar-refractivity contribution in [3.05, 3.63) is 120 Å². The first-order valence-corrected chi connectivity index (χ1v) is 16.1. The van der Waals surface area contributed by atoms with Gasteiger partial charge in [0.2, 0.25) is 0 Å². The number of hydrogen-bond donors (Lipinski definition) is 2. The average Bonchev–Trinajstić information content (AvgIpc) is 3.08. The van der Waals surface area contributed by atoms with E-state index in [1.54, 1.807) is 48.5 Å². The van der Waals surface area contributed by atoms with Crippen molar-refractivity contribution in [3.63, 3.8) is 0 Å². The SMILES string of the molecule is CC(=O)O[C@@H]1CC=CCC12C[C@@H]1CC[C@]2(OCc2ccccc2)C[C@@H]1OC(=O)[C@H](O)C(NC(=O)c1ccccc1)c1ccccc1. The molecule has 1 spiro atoms. The molecule has 4 aliphatic rings. The largest absolute Gasteiger partial charge is 0.462 e. The van der Waals surface area contributed by atoms with Crippen molar-refractivity contribution in [2.75, 3.05) is 0 Å². The average molecular weight is 624 g/mol. The summed E-state index contributed by atoms with van der Waals surface area (Å²) in [5.74, 6) is -1.53. The van der Waals surface area contributed by atoms with Crippen molar-refractivity contribution in [2.24, 2.45) is 11.3 Å². The smallest absolute Gasteiger partial charge is 0.337 e. The standard InChI is InChI=1S/C38H41NO7/c1-26(40)45-32-19-11-12-21-37(32)23-30-20-22-38(37,44-25-27-13-5-2-6-14-27)24-31(30)46-36(43)34(41)33(28-15-7-3-8-16-28)39-35(42)29-17-9-4-10-18-29/h2-18,30-34,41H,19-25H2,1H3,(H,39,42)/t30-,31-,32+,33?,34+,37?,38-/m0/s1. The lowest BCUT2D eigenvalue weighted by atomic mass is 9.48. The number of carbonyl (C=O) groups excluding carboxylic acids is 3. The van der Waals surface area contributed by atoms with Crippen molar-refractivity contribution in [1.82, 2.24) is 5.32 Å². The Balaban J connectivity index is 1.25. The van der Waals surface area contributed by atoms with E-state index in [2.05, 4.69) is 17.5 Å². The van der Waals surface area contributed by atoms with Gasteiger partial charge in [-0.25, -0.2) is 4.79 Å². The molecular formula is C38H41NO7. The molecule has 0 aliphatic heterocycles. The third-order valence-electron chi connectivity index (χ3n) is 10.1. The molecule has 0 radical (unpaired) electrons. The predicted molar refractivity (Wildman–Crippen MR) is 171 cm³/mol. The number of aliphatic hydroxyl groups is 1. The van der Waals surface area contributed by atoms with E-state index in [0.717, 1.165) is 18.4 Å². The Bertz CT molecular complexity index is 1540. The molecule has 0 aromatic heterocycles. The highest BCUT2D eigenvalue weighted by Gasteiger charge is 2.66. The van der Waals surface area contributed by atoms with E-state index >= 15 is 0 Å². The second kappa shape index (κ2) is 13.6. The van der Waals surface area contributed by atoms with Gasteiger partial charge in [0.25, 0.3) is 5.91 Å². The van der Waals surface area contributed by atoms with Crippen molar-refractivity contribution >= 4 is 17.8 Å². The zero-order valence-electron chi connectivity index (χ0n) is 26.0. The van der Waals surface area contributed by atoms with Gasteiger partial charge in [-0.1, -0.05) is 91.0 Å². The summed E-state index contributed by atoms with van der Waals surface area (Å²) < 4.78 is 19.0. The number of nitrogens with one attached hydrogen (secondary N) is 1. The zero-order valence-corrected chi connectivity index (χ0v) is 26.0. The molecule has 3 aromatic rings. The van der Waals surface area contributed by atoms with E-state index in [0.29, 0.717) is 43.4 Å². The second-order valence-corrected chi connectivity index (χ2v) is 12.8. The topological polar surface area (TPSA) is 111 Å². The van der Waals surface area contributed by atoms with Crippen LogP contribution in [0.4, 0.5) is 0 Å². The van der Waals surface area contributed by atoms with Crippen molar-refractivity contribution in [1.29, 1.82) is 0 Å². The maximum Gasteiger partial charge on any atom is 0.337 e. The summed E-state index contributed by atoms with van der Waals surface area (Å²) in [6.07, 6.45) is 5.59. The van der Waals surface area contributed by atoms with Gasteiger partial charge in [0.15, 0.2) is 6.10 Å². The molecule has 7 atom stereocenters. The highest BCUT2D eigenvalue weighted by molar-refractivity contribution is 5.94. The predicted octanol–water partition coefficient (Wildman–Crippen LogP) is 5.86. The van der Waals surface area contributed by atoms with Crippen LogP contribution in [0, 0.1) is 11.3 Å². The minimum absolute atomic E-state index is 0.00278. The zero-order chi connectivity index (χ0) is 32.1. The minimum Gasteiger partial charge on any atom is -0.462 e. The summed E-state index contributed by atoms with van der Waals surface area (Å²) in [6.45, 7) is 1.81. The van der Waals surface area contributed by atoms with Crippen LogP contribution >= 0.6 is 0 Å². The lowest BCUT2D eigenvalue weighted by Crippen LogP contribution is -2.67. The molecule has 8 nitrogen and oxygen atoms in total. The Hall–Kier alpha value is -4.27. The van der Waals surface area contributed by atoms with Gasteiger partial charge in [-0.3, -0.25) is 9.59 Å². The molecule has 3 aromatic carbocycles. The van der Waals surface area contributed by atoms with Gasteiger partial charge >= 0.3 is 11.9 Å².